The third-order valence-electron chi connectivity index (χ3n) is 5.74. The van der Waals surface area contributed by atoms with Gasteiger partial charge in [-0.1, -0.05) is 0 Å². The standard InChI is InChI=1S/C16F30O6/c17-1(7(23,24)25,49-15(45)5(21,11(35,36)37)47-13(41,42)3(19,51-15)9(29,30)31)2(18,8(26,27)28)50-16(46)6(22,12(38,39)40)48-14(43,44)4(20,52-16)10(32,33)34. The summed E-state index contributed by atoms with van der Waals surface area (Å²) in [5.41, 5.74) is 0. The van der Waals surface area contributed by atoms with Gasteiger partial charge < -0.3 is 0 Å². The number of hydrogen-bond acceptors (Lipinski definition) is 6. The molecule has 0 N–H and O–H groups in total. The van der Waals surface area contributed by atoms with Gasteiger partial charge in [-0.2, -0.15) is 132 Å². The van der Waals surface area contributed by atoms with Crippen LogP contribution in [-0.2, 0) is 28.4 Å². The van der Waals surface area contributed by atoms with Crippen molar-refractivity contribution in [3.05, 3.63) is 0 Å². The van der Waals surface area contributed by atoms with Crippen molar-refractivity contribution in [2.24, 2.45) is 0 Å². The first kappa shape index (κ1) is 45.8. The predicted octanol–water partition coefficient (Wildman–Crippen LogP) is 8.91. The quantitative estimate of drug-likeness (QED) is 0.258. The topological polar surface area (TPSA) is 55.4 Å². The second-order valence-electron chi connectivity index (χ2n) is 9.28. The Morgan fingerprint density at radius 1 is 0.288 bits per heavy atom. The molecule has 8 unspecified atom stereocenters. The van der Waals surface area contributed by atoms with Gasteiger partial charge in [-0.05, 0) is 0 Å². The molecule has 2 heterocycles. The van der Waals surface area contributed by atoms with Crippen LogP contribution in [0.3, 0.4) is 0 Å². The van der Waals surface area contributed by atoms with Crippen LogP contribution < -0.4 is 0 Å². The fraction of sp³-hybridized carbons (Fsp3) is 1.00. The minimum atomic E-state index is -9.57. The average molecular weight is 858 g/mol. The maximum atomic E-state index is 15.2. The number of alkyl halides is 30. The third-order valence-corrected chi connectivity index (χ3v) is 5.74. The molecule has 2 rings (SSSR count). The van der Waals surface area contributed by atoms with Crippen molar-refractivity contribution >= 4 is 0 Å². The van der Waals surface area contributed by atoms with Gasteiger partial charge in [0.25, 0.3) is 0 Å². The van der Waals surface area contributed by atoms with Crippen molar-refractivity contribution in [2.45, 2.75) is 96.5 Å². The monoisotopic (exact) mass is 858 g/mol. The normalized spacial score (nSPS) is 39.1. The summed E-state index contributed by atoms with van der Waals surface area (Å²) < 4.78 is 418. The van der Waals surface area contributed by atoms with Crippen LogP contribution in [0.1, 0.15) is 0 Å². The Bertz CT molecular complexity index is 1260. The minimum absolute atomic E-state index is 1.22. The highest BCUT2D eigenvalue weighted by Crippen LogP contribution is 2.68. The number of hydrogen-bond donors (Lipinski definition) is 0. The highest BCUT2D eigenvalue weighted by atomic mass is 19.4. The molecular weight excluding hydrogens is 858 g/mol. The van der Waals surface area contributed by atoms with Crippen molar-refractivity contribution < 1.29 is 160 Å². The lowest BCUT2D eigenvalue weighted by Gasteiger charge is -2.53. The van der Waals surface area contributed by atoms with Gasteiger partial charge in [-0.15, -0.1) is 0 Å². The van der Waals surface area contributed by atoms with Gasteiger partial charge >= 0.3 is 96.5 Å². The van der Waals surface area contributed by atoms with Crippen LogP contribution >= 0.6 is 0 Å². The van der Waals surface area contributed by atoms with E-state index >= 15 is 17.6 Å². The zero-order valence-electron chi connectivity index (χ0n) is 21.8. The van der Waals surface area contributed by atoms with Crippen LogP contribution in [0.25, 0.3) is 0 Å². The Hall–Kier alpha value is -2.34. The van der Waals surface area contributed by atoms with Gasteiger partial charge in [0.1, 0.15) is 0 Å². The van der Waals surface area contributed by atoms with Gasteiger partial charge in [-0.25, -0.2) is 0 Å². The SMILES string of the molecule is FC(F)(F)C1(F)OC(F)(OC(F)(C(F)(F)F)C(F)(OC2(F)OC(F)(C(F)(F)F)C(F)(F)OC2(F)C(F)(F)F)C(F)(F)F)C(F)(C(F)(F)F)OC1(F)F. The Kier molecular flexibility index (Phi) is 9.81. The van der Waals surface area contributed by atoms with Gasteiger partial charge in [0.2, 0.25) is 0 Å². The van der Waals surface area contributed by atoms with E-state index in [4.69, 9.17) is 0 Å². The Balaban J connectivity index is 3.15. The summed E-state index contributed by atoms with van der Waals surface area (Å²) in [4.78, 5) is 0. The molecule has 0 spiro atoms. The molecule has 6 nitrogen and oxygen atoms in total. The summed E-state index contributed by atoms with van der Waals surface area (Å²) in [7, 11) is 0. The second kappa shape index (κ2) is 11.1. The van der Waals surface area contributed by atoms with E-state index in [9.17, 15) is 114 Å². The highest BCUT2D eigenvalue weighted by Gasteiger charge is 2.97. The van der Waals surface area contributed by atoms with Crippen LogP contribution in [0.5, 0.6) is 0 Å². The van der Waals surface area contributed by atoms with E-state index in [1.165, 1.54) is 28.4 Å². The van der Waals surface area contributed by atoms with E-state index in [1.54, 1.807) is 0 Å². The van der Waals surface area contributed by atoms with E-state index in [2.05, 4.69) is 0 Å². The molecule has 310 valence electrons. The summed E-state index contributed by atoms with van der Waals surface area (Å²) in [6.45, 7) is 0. The van der Waals surface area contributed by atoms with Crippen molar-refractivity contribution in [3.63, 3.8) is 0 Å². The van der Waals surface area contributed by atoms with Gasteiger partial charge in [0.05, 0.1) is 0 Å². The molecule has 36 heteroatoms. The maximum absolute atomic E-state index is 15.2. The summed E-state index contributed by atoms with van der Waals surface area (Å²) in [6, 6.07) is -17.5. The molecule has 0 saturated carbocycles. The summed E-state index contributed by atoms with van der Waals surface area (Å²) in [5, 5.41) is 0. The van der Waals surface area contributed by atoms with E-state index in [-0.39, 0.29) is 0 Å². The molecule has 0 radical (unpaired) electrons. The van der Waals surface area contributed by atoms with Crippen LogP contribution in [0.15, 0.2) is 0 Å². The van der Waals surface area contributed by atoms with Crippen LogP contribution in [0, 0.1) is 0 Å². The maximum Gasteiger partial charge on any atom is 0.458 e. The smallest absolute Gasteiger partial charge is 0.268 e. The first-order valence-electron chi connectivity index (χ1n) is 10.9. The summed E-state index contributed by atoms with van der Waals surface area (Å²) in [6.07, 6.45) is -67.3. The Labute approximate surface area is 258 Å². The Morgan fingerprint density at radius 2 is 0.481 bits per heavy atom. The lowest BCUT2D eigenvalue weighted by atomic mass is 10.0. The fourth-order valence-electron chi connectivity index (χ4n) is 3.26. The second-order valence-corrected chi connectivity index (χ2v) is 9.28. The third kappa shape index (κ3) is 5.90. The number of ether oxygens (including phenoxy) is 6. The molecule has 0 aromatic carbocycles. The molecule has 2 aliphatic rings. The molecule has 0 aliphatic carbocycles. The molecule has 2 fully saturated rings. The van der Waals surface area contributed by atoms with Gasteiger partial charge in [-0.3, -0.25) is 28.4 Å². The number of halogens is 30. The molecule has 2 aliphatic heterocycles. The fourth-order valence-corrected chi connectivity index (χ4v) is 3.26. The largest absolute Gasteiger partial charge is 0.458 e. The van der Waals surface area contributed by atoms with Crippen molar-refractivity contribution in [3.8, 4) is 0 Å². The lowest BCUT2D eigenvalue weighted by molar-refractivity contribution is -0.675. The molecule has 0 amide bonds. The van der Waals surface area contributed by atoms with Crippen molar-refractivity contribution in [1.82, 2.24) is 0 Å². The molecule has 8 atom stereocenters. The van der Waals surface area contributed by atoms with Crippen LogP contribution in [0.4, 0.5) is 132 Å². The Morgan fingerprint density at radius 3 is 0.635 bits per heavy atom. The molecule has 0 aromatic rings. The molecule has 52 heavy (non-hydrogen) atoms. The summed E-state index contributed by atoms with van der Waals surface area (Å²) >= 11 is 0. The predicted molar refractivity (Wildman–Crippen MR) is 83.4 cm³/mol. The van der Waals surface area contributed by atoms with Gasteiger partial charge in [0, 0.05) is 0 Å². The zero-order valence-corrected chi connectivity index (χ0v) is 21.8. The van der Waals surface area contributed by atoms with Gasteiger partial charge in [0.15, 0.2) is 0 Å². The zero-order chi connectivity index (χ0) is 42.2. The van der Waals surface area contributed by atoms with E-state index in [1.807, 2.05) is 0 Å². The lowest BCUT2D eigenvalue weighted by Crippen LogP contribution is -2.82. The first-order chi connectivity index (χ1) is 22.0. The molecule has 0 bridgehead atoms. The van der Waals surface area contributed by atoms with E-state index < -0.39 is 96.5 Å². The molecular formula is C16F30O6. The van der Waals surface area contributed by atoms with E-state index in [0.717, 1.165) is 0 Å². The van der Waals surface area contributed by atoms with Crippen LogP contribution in [0.2, 0.25) is 0 Å². The van der Waals surface area contributed by atoms with Crippen molar-refractivity contribution in [2.75, 3.05) is 0 Å². The molecule has 2 saturated heterocycles. The molecule has 0 aromatic heterocycles. The van der Waals surface area contributed by atoms with Crippen molar-refractivity contribution in [1.29, 1.82) is 0 Å². The van der Waals surface area contributed by atoms with Crippen LogP contribution in [-0.4, -0.2) is 96.5 Å². The average Bonchev–Trinajstić information content (AvgIpc) is 2.81. The highest BCUT2D eigenvalue weighted by molar-refractivity contribution is 5.08. The minimum Gasteiger partial charge on any atom is -0.268 e. The van der Waals surface area contributed by atoms with E-state index in [0.29, 0.717) is 0 Å². The first-order valence-corrected chi connectivity index (χ1v) is 10.9. The number of rotatable bonds is 5. The summed E-state index contributed by atoms with van der Waals surface area (Å²) in [5.74, 6) is -52.4.